The van der Waals surface area contributed by atoms with Crippen molar-refractivity contribution in [3.8, 4) is 17.6 Å². The fourth-order valence-electron chi connectivity index (χ4n) is 4.93. The van der Waals surface area contributed by atoms with Gasteiger partial charge in [0.1, 0.15) is 0 Å². The number of rotatable bonds is 5. The summed E-state index contributed by atoms with van der Waals surface area (Å²) in [5.41, 5.74) is 0.140. The predicted molar refractivity (Wildman–Crippen MR) is 110 cm³/mol. The molecule has 1 nitrogen and oxygen atoms in total. The molecule has 154 valence electrons. The van der Waals surface area contributed by atoms with Crippen LogP contribution >= 0.6 is 0 Å². The summed E-state index contributed by atoms with van der Waals surface area (Å²) in [5, 5.41) is 0. The topological polar surface area (TPSA) is 9.23 Å². The Morgan fingerprint density at radius 1 is 0.893 bits per heavy atom. The van der Waals surface area contributed by atoms with Gasteiger partial charge in [0.05, 0.1) is 12.2 Å². The van der Waals surface area contributed by atoms with Gasteiger partial charge in [-0.1, -0.05) is 45.0 Å². The van der Waals surface area contributed by atoms with E-state index in [1.807, 2.05) is 6.92 Å². The molecule has 0 bridgehead atoms. The molecule has 0 radical (unpaired) electrons. The first-order valence-corrected chi connectivity index (χ1v) is 11.2. The van der Waals surface area contributed by atoms with E-state index >= 15 is 0 Å². The molecule has 1 aromatic rings. The molecule has 3 rings (SSSR count). The summed E-state index contributed by atoms with van der Waals surface area (Å²) in [6.07, 6.45) is 12.4. The summed E-state index contributed by atoms with van der Waals surface area (Å²) in [6, 6.07) is 3.02. The molecule has 0 N–H and O–H groups in total. The van der Waals surface area contributed by atoms with Crippen molar-refractivity contribution in [2.24, 2.45) is 23.7 Å². The lowest BCUT2D eigenvalue weighted by molar-refractivity contribution is 0.156. The van der Waals surface area contributed by atoms with Crippen LogP contribution in [0.3, 0.4) is 0 Å². The maximum atomic E-state index is 14.3. The Morgan fingerprint density at radius 2 is 1.54 bits per heavy atom. The van der Waals surface area contributed by atoms with Gasteiger partial charge < -0.3 is 4.74 Å². The molecule has 0 unspecified atom stereocenters. The van der Waals surface area contributed by atoms with Crippen molar-refractivity contribution in [3.05, 3.63) is 29.3 Å². The number of hydrogen-bond acceptors (Lipinski definition) is 1. The lowest BCUT2D eigenvalue weighted by atomic mass is 9.69. The highest BCUT2D eigenvalue weighted by atomic mass is 19.2. The lowest BCUT2D eigenvalue weighted by Crippen LogP contribution is -2.25. The van der Waals surface area contributed by atoms with E-state index in [1.54, 1.807) is 0 Å². The molecule has 0 spiro atoms. The fraction of sp³-hybridized carbons (Fsp3) is 0.680. The molecule has 0 aliphatic heterocycles. The third-order valence-electron chi connectivity index (χ3n) is 6.83. The zero-order valence-corrected chi connectivity index (χ0v) is 17.4. The van der Waals surface area contributed by atoms with Crippen molar-refractivity contribution in [2.75, 3.05) is 6.61 Å². The van der Waals surface area contributed by atoms with Gasteiger partial charge in [0.25, 0.3) is 0 Å². The van der Waals surface area contributed by atoms with Crippen LogP contribution in [0.1, 0.15) is 83.6 Å². The van der Waals surface area contributed by atoms with Crippen molar-refractivity contribution in [1.29, 1.82) is 0 Å². The second-order valence-electron chi connectivity index (χ2n) is 8.66. The summed E-state index contributed by atoms with van der Waals surface area (Å²) in [6.45, 7) is 4.62. The summed E-state index contributed by atoms with van der Waals surface area (Å²) < 4.78 is 33.6. The van der Waals surface area contributed by atoms with Crippen LogP contribution in [0, 0.1) is 47.1 Å². The van der Waals surface area contributed by atoms with E-state index in [0.29, 0.717) is 12.5 Å². The summed E-state index contributed by atoms with van der Waals surface area (Å²) in [4.78, 5) is 0. The number of ether oxygens (including phenoxy) is 1. The number of benzene rings is 1. The monoisotopic (exact) mass is 388 g/mol. The Morgan fingerprint density at radius 3 is 2.14 bits per heavy atom. The quantitative estimate of drug-likeness (QED) is 0.488. The van der Waals surface area contributed by atoms with E-state index in [1.165, 1.54) is 57.1 Å². The Kier molecular flexibility index (Phi) is 7.77. The molecule has 3 heteroatoms. The molecule has 2 fully saturated rings. The summed E-state index contributed by atoms with van der Waals surface area (Å²) in [7, 11) is 0. The normalized spacial score (nSPS) is 27.7. The first-order valence-electron chi connectivity index (χ1n) is 11.2. The van der Waals surface area contributed by atoms with Crippen LogP contribution in [0.4, 0.5) is 8.78 Å². The second kappa shape index (κ2) is 10.3. The minimum atomic E-state index is -0.924. The molecule has 0 heterocycles. The Hall–Kier alpha value is -1.56. The highest BCUT2D eigenvalue weighted by Crippen LogP contribution is 2.41. The lowest BCUT2D eigenvalue weighted by Gasteiger charge is -2.36. The maximum absolute atomic E-state index is 14.3. The standard InChI is InChI=1S/C25H34F2O/c1-3-17-28-23-16-15-22(24(26)25(23)27)14-9-19-7-12-21(13-8-19)20-10-5-18(4-2)6-11-20/h15-16,18-21H,3-8,10-13,17H2,1-2H3/t18-,19?,20-,21?. The second-order valence-corrected chi connectivity index (χ2v) is 8.66. The third-order valence-corrected chi connectivity index (χ3v) is 6.83. The smallest absolute Gasteiger partial charge is 0.201 e. The van der Waals surface area contributed by atoms with E-state index in [4.69, 9.17) is 4.74 Å². The van der Waals surface area contributed by atoms with Gasteiger partial charge >= 0.3 is 0 Å². The van der Waals surface area contributed by atoms with Gasteiger partial charge in [-0.15, -0.1) is 0 Å². The van der Waals surface area contributed by atoms with Crippen LogP contribution in [0.25, 0.3) is 0 Å². The van der Waals surface area contributed by atoms with Crippen LogP contribution in [0.5, 0.6) is 5.75 Å². The molecule has 28 heavy (non-hydrogen) atoms. The SMILES string of the molecule is CCCOc1ccc(C#CC2CCC([C@H]3CC[C@H](CC)CC3)CC2)c(F)c1F. The van der Waals surface area contributed by atoms with Crippen LogP contribution in [0.2, 0.25) is 0 Å². The van der Waals surface area contributed by atoms with Crippen LogP contribution in [-0.4, -0.2) is 6.61 Å². The average molecular weight is 389 g/mol. The number of halogens is 2. The Bertz CT molecular complexity index is 686. The molecule has 2 aliphatic rings. The molecule has 2 aliphatic carbocycles. The number of hydrogen-bond donors (Lipinski definition) is 0. The minimum absolute atomic E-state index is 0.0248. The van der Waals surface area contributed by atoms with Gasteiger partial charge in [0, 0.05) is 5.92 Å². The van der Waals surface area contributed by atoms with Crippen molar-refractivity contribution >= 4 is 0 Å². The van der Waals surface area contributed by atoms with Crippen molar-refractivity contribution < 1.29 is 13.5 Å². The highest BCUT2D eigenvalue weighted by molar-refractivity contribution is 5.41. The van der Waals surface area contributed by atoms with Crippen LogP contribution < -0.4 is 4.74 Å². The van der Waals surface area contributed by atoms with Gasteiger partial charge in [-0.25, -0.2) is 4.39 Å². The first kappa shape index (κ1) is 21.2. The molecule has 1 aromatic carbocycles. The van der Waals surface area contributed by atoms with Crippen LogP contribution in [0.15, 0.2) is 12.1 Å². The molecule has 0 saturated heterocycles. The summed E-state index contributed by atoms with van der Waals surface area (Å²) >= 11 is 0. The maximum Gasteiger partial charge on any atom is 0.201 e. The van der Waals surface area contributed by atoms with Gasteiger partial charge in [-0.05, 0) is 74.8 Å². The zero-order valence-electron chi connectivity index (χ0n) is 17.4. The Labute approximate surface area is 169 Å². The van der Waals surface area contributed by atoms with E-state index in [2.05, 4.69) is 18.8 Å². The van der Waals surface area contributed by atoms with E-state index in [9.17, 15) is 8.78 Å². The van der Waals surface area contributed by atoms with E-state index in [0.717, 1.165) is 37.0 Å². The molecule has 2 saturated carbocycles. The molecular formula is C25H34F2O. The third kappa shape index (κ3) is 5.28. The van der Waals surface area contributed by atoms with E-state index < -0.39 is 11.6 Å². The molecule has 0 atom stereocenters. The van der Waals surface area contributed by atoms with Gasteiger partial charge in [-0.2, -0.15) is 4.39 Å². The van der Waals surface area contributed by atoms with Crippen molar-refractivity contribution in [2.45, 2.75) is 78.1 Å². The molecule has 0 aromatic heterocycles. The fourth-order valence-corrected chi connectivity index (χ4v) is 4.93. The van der Waals surface area contributed by atoms with Crippen molar-refractivity contribution in [1.82, 2.24) is 0 Å². The first-order chi connectivity index (χ1) is 13.6. The van der Waals surface area contributed by atoms with E-state index in [-0.39, 0.29) is 11.3 Å². The van der Waals surface area contributed by atoms with Gasteiger partial charge in [-0.3, -0.25) is 0 Å². The summed E-state index contributed by atoms with van der Waals surface area (Å²) in [5.74, 6) is 7.28. The largest absolute Gasteiger partial charge is 0.490 e. The average Bonchev–Trinajstić information content (AvgIpc) is 2.74. The van der Waals surface area contributed by atoms with Gasteiger partial charge in [0.15, 0.2) is 11.6 Å². The zero-order chi connectivity index (χ0) is 19.9. The van der Waals surface area contributed by atoms with Crippen molar-refractivity contribution in [3.63, 3.8) is 0 Å². The highest BCUT2D eigenvalue weighted by Gasteiger charge is 2.30. The van der Waals surface area contributed by atoms with Crippen LogP contribution in [-0.2, 0) is 0 Å². The predicted octanol–water partition coefficient (Wildman–Crippen LogP) is 7.13. The Balaban J connectivity index is 1.53. The molecular weight excluding hydrogens is 354 g/mol. The minimum Gasteiger partial charge on any atom is -0.490 e. The molecule has 0 amide bonds. The van der Waals surface area contributed by atoms with Gasteiger partial charge in [0.2, 0.25) is 5.82 Å².